The molecule has 0 aliphatic rings. The van der Waals surface area contributed by atoms with Crippen LogP contribution in [-0.2, 0) is 16.6 Å². The zero-order valence-corrected chi connectivity index (χ0v) is 21.3. The van der Waals surface area contributed by atoms with Crippen LogP contribution in [0.25, 0.3) is 0 Å². The van der Waals surface area contributed by atoms with E-state index in [1.54, 1.807) is 55.5 Å². The second-order valence-corrected chi connectivity index (χ2v) is 10.2. The SMILES string of the molecule is Cc1ccccc1NS(=O)(=O)c1cc(C(=O)Nc2ccccc2C(=O)NCc2ccccc2)ccc1C. The first-order valence-electron chi connectivity index (χ1n) is 11.7. The molecule has 4 rings (SSSR count). The molecule has 0 aromatic heterocycles. The van der Waals surface area contributed by atoms with Gasteiger partial charge in [-0.25, -0.2) is 8.42 Å². The van der Waals surface area contributed by atoms with Gasteiger partial charge in [-0.15, -0.1) is 0 Å². The van der Waals surface area contributed by atoms with Gasteiger partial charge in [0, 0.05) is 12.1 Å². The number of para-hydroxylation sites is 2. The van der Waals surface area contributed by atoms with E-state index in [0.717, 1.165) is 11.1 Å². The van der Waals surface area contributed by atoms with Crippen molar-refractivity contribution in [3.05, 3.63) is 125 Å². The standard InChI is InChI=1S/C29H27N3O4S/c1-20-10-6-8-14-25(20)32-37(35,36)27-18-23(17-16-21(27)2)28(33)31-26-15-9-7-13-24(26)29(34)30-19-22-11-4-3-5-12-22/h3-18,32H,19H2,1-2H3,(H,30,34)(H,31,33). The lowest BCUT2D eigenvalue weighted by atomic mass is 10.1. The predicted octanol–water partition coefficient (Wildman–Crippen LogP) is 5.29. The second kappa shape index (κ2) is 11.1. The lowest BCUT2D eigenvalue weighted by Gasteiger charge is -2.14. The van der Waals surface area contributed by atoms with Gasteiger partial charge in [0.05, 0.1) is 21.8 Å². The van der Waals surface area contributed by atoms with Gasteiger partial charge in [0.25, 0.3) is 21.8 Å². The summed E-state index contributed by atoms with van der Waals surface area (Å²) in [7, 11) is -3.94. The molecule has 4 aromatic rings. The van der Waals surface area contributed by atoms with Gasteiger partial charge in [0.15, 0.2) is 0 Å². The third kappa shape index (κ3) is 6.23. The van der Waals surface area contributed by atoms with E-state index < -0.39 is 15.9 Å². The molecule has 37 heavy (non-hydrogen) atoms. The maximum atomic E-state index is 13.1. The smallest absolute Gasteiger partial charge is 0.262 e. The first kappa shape index (κ1) is 25.7. The molecule has 0 saturated heterocycles. The Bertz CT molecular complexity index is 1550. The number of carbonyl (C=O) groups excluding carboxylic acids is 2. The van der Waals surface area contributed by atoms with E-state index >= 15 is 0 Å². The highest BCUT2D eigenvalue weighted by atomic mass is 32.2. The Balaban J connectivity index is 1.54. The summed E-state index contributed by atoms with van der Waals surface area (Å²) in [4.78, 5) is 25.9. The number of benzene rings is 4. The summed E-state index contributed by atoms with van der Waals surface area (Å²) in [5.74, 6) is -0.870. The lowest BCUT2D eigenvalue weighted by molar-refractivity contribution is 0.0951. The Morgan fingerprint density at radius 1 is 0.703 bits per heavy atom. The highest BCUT2D eigenvalue weighted by molar-refractivity contribution is 7.92. The Morgan fingerprint density at radius 2 is 1.35 bits per heavy atom. The molecular formula is C29H27N3O4S. The van der Waals surface area contributed by atoms with E-state index in [9.17, 15) is 18.0 Å². The topological polar surface area (TPSA) is 104 Å². The number of hydrogen-bond acceptors (Lipinski definition) is 4. The number of hydrogen-bond donors (Lipinski definition) is 3. The molecule has 0 fully saturated rings. The average Bonchev–Trinajstić information content (AvgIpc) is 2.89. The summed E-state index contributed by atoms with van der Waals surface area (Å²) in [6, 6.07) is 27.7. The molecule has 0 aliphatic heterocycles. The van der Waals surface area contributed by atoms with Crippen molar-refractivity contribution in [3.8, 4) is 0 Å². The fraction of sp³-hybridized carbons (Fsp3) is 0.103. The minimum atomic E-state index is -3.94. The number of sulfonamides is 1. The molecule has 0 radical (unpaired) electrons. The number of amides is 2. The molecule has 0 atom stereocenters. The minimum absolute atomic E-state index is 0.00251. The van der Waals surface area contributed by atoms with Gasteiger partial charge < -0.3 is 10.6 Å². The van der Waals surface area contributed by atoms with Crippen molar-refractivity contribution in [2.45, 2.75) is 25.3 Å². The van der Waals surface area contributed by atoms with Crippen LogP contribution in [0.5, 0.6) is 0 Å². The van der Waals surface area contributed by atoms with Crippen LogP contribution in [0, 0.1) is 13.8 Å². The molecule has 8 heteroatoms. The van der Waals surface area contributed by atoms with E-state index in [4.69, 9.17) is 0 Å². The lowest BCUT2D eigenvalue weighted by Crippen LogP contribution is -2.25. The highest BCUT2D eigenvalue weighted by Gasteiger charge is 2.21. The molecule has 188 valence electrons. The van der Waals surface area contributed by atoms with Crippen LogP contribution in [0.2, 0.25) is 0 Å². The molecule has 4 aromatic carbocycles. The zero-order chi connectivity index (χ0) is 26.4. The van der Waals surface area contributed by atoms with Crippen molar-refractivity contribution in [1.82, 2.24) is 5.32 Å². The molecule has 0 saturated carbocycles. The van der Waals surface area contributed by atoms with E-state index in [-0.39, 0.29) is 16.4 Å². The molecule has 0 heterocycles. The third-order valence-electron chi connectivity index (χ3n) is 5.85. The number of nitrogens with one attached hydrogen (secondary N) is 3. The number of rotatable bonds is 8. The molecule has 2 amide bonds. The molecule has 0 aliphatic carbocycles. The highest BCUT2D eigenvalue weighted by Crippen LogP contribution is 2.24. The summed E-state index contributed by atoms with van der Waals surface area (Å²) in [5, 5.41) is 5.60. The Labute approximate surface area is 216 Å². The summed E-state index contributed by atoms with van der Waals surface area (Å²) in [5.41, 5.74) is 3.46. The minimum Gasteiger partial charge on any atom is -0.348 e. The summed E-state index contributed by atoms with van der Waals surface area (Å²) >= 11 is 0. The fourth-order valence-electron chi connectivity index (χ4n) is 3.78. The van der Waals surface area contributed by atoms with Crippen LogP contribution in [0.3, 0.4) is 0 Å². The van der Waals surface area contributed by atoms with Gasteiger partial charge >= 0.3 is 0 Å². The van der Waals surface area contributed by atoms with E-state index in [2.05, 4.69) is 15.4 Å². The average molecular weight is 514 g/mol. The van der Waals surface area contributed by atoms with Crippen LogP contribution >= 0.6 is 0 Å². The second-order valence-electron chi connectivity index (χ2n) is 8.57. The van der Waals surface area contributed by atoms with Crippen LogP contribution < -0.4 is 15.4 Å². The number of carbonyl (C=O) groups is 2. The molecule has 0 bridgehead atoms. The molecule has 7 nitrogen and oxygen atoms in total. The Kier molecular flexibility index (Phi) is 7.69. The van der Waals surface area contributed by atoms with Gasteiger partial charge in [-0.3, -0.25) is 14.3 Å². The normalized spacial score (nSPS) is 11.0. The van der Waals surface area contributed by atoms with Crippen molar-refractivity contribution in [2.24, 2.45) is 0 Å². The maximum Gasteiger partial charge on any atom is 0.262 e. The van der Waals surface area contributed by atoms with E-state index in [1.165, 1.54) is 6.07 Å². The van der Waals surface area contributed by atoms with Crippen molar-refractivity contribution >= 4 is 33.2 Å². The van der Waals surface area contributed by atoms with Gasteiger partial charge in [-0.05, 0) is 60.9 Å². The fourth-order valence-corrected chi connectivity index (χ4v) is 5.18. The van der Waals surface area contributed by atoms with Crippen molar-refractivity contribution in [2.75, 3.05) is 10.0 Å². The van der Waals surface area contributed by atoms with Gasteiger partial charge in [0.2, 0.25) is 0 Å². The van der Waals surface area contributed by atoms with Crippen LogP contribution in [0.15, 0.2) is 102 Å². The summed E-state index contributed by atoms with van der Waals surface area (Å²) < 4.78 is 28.9. The van der Waals surface area contributed by atoms with Gasteiger partial charge in [-0.1, -0.05) is 66.7 Å². The number of anilines is 2. The van der Waals surface area contributed by atoms with Crippen molar-refractivity contribution in [1.29, 1.82) is 0 Å². The number of aryl methyl sites for hydroxylation is 2. The van der Waals surface area contributed by atoms with E-state index in [1.807, 2.05) is 49.4 Å². The zero-order valence-electron chi connectivity index (χ0n) is 20.5. The Morgan fingerprint density at radius 3 is 2.08 bits per heavy atom. The van der Waals surface area contributed by atoms with E-state index in [0.29, 0.717) is 29.0 Å². The quantitative estimate of drug-likeness (QED) is 0.298. The largest absolute Gasteiger partial charge is 0.348 e. The van der Waals surface area contributed by atoms with Crippen LogP contribution in [-0.4, -0.2) is 20.2 Å². The predicted molar refractivity (Wildman–Crippen MR) is 145 cm³/mol. The summed E-state index contributed by atoms with van der Waals surface area (Å²) in [6.07, 6.45) is 0. The first-order valence-corrected chi connectivity index (χ1v) is 13.1. The molecular weight excluding hydrogens is 486 g/mol. The van der Waals surface area contributed by atoms with Crippen molar-refractivity contribution in [3.63, 3.8) is 0 Å². The maximum absolute atomic E-state index is 13.1. The van der Waals surface area contributed by atoms with Crippen molar-refractivity contribution < 1.29 is 18.0 Å². The molecule has 0 unspecified atom stereocenters. The van der Waals surface area contributed by atoms with Crippen LogP contribution in [0.1, 0.15) is 37.4 Å². The summed E-state index contributed by atoms with van der Waals surface area (Å²) in [6.45, 7) is 3.82. The third-order valence-corrected chi connectivity index (χ3v) is 7.35. The van der Waals surface area contributed by atoms with Crippen LogP contribution in [0.4, 0.5) is 11.4 Å². The Hall–Kier alpha value is -4.43. The van der Waals surface area contributed by atoms with Gasteiger partial charge in [-0.2, -0.15) is 0 Å². The molecule has 0 spiro atoms. The monoisotopic (exact) mass is 513 g/mol. The molecule has 3 N–H and O–H groups in total. The van der Waals surface area contributed by atoms with Gasteiger partial charge in [0.1, 0.15) is 0 Å². The first-order chi connectivity index (χ1) is 17.7.